The van der Waals surface area contributed by atoms with Gasteiger partial charge in [-0.15, -0.1) is 0 Å². The summed E-state index contributed by atoms with van der Waals surface area (Å²) in [5.41, 5.74) is 2.48. The Hall–Kier alpha value is -3.66. The fraction of sp³-hybridized carbons (Fsp3) is 0.0357. The van der Waals surface area contributed by atoms with E-state index in [1.165, 1.54) is 15.9 Å². The third kappa shape index (κ3) is 4.29. The fourth-order valence-corrected chi connectivity index (χ4v) is 7.80. The van der Waals surface area contributed by atoms with Gasteiger partial charge in [0.1, 0.15) is 29.2 Å². The lowest BCUT2D eigenvalue weighted by molar-refractivity contribution is 1.37. The van der Waals surface area contributed by atoms with Crippen molar-refractivity contribution in [3.05, 3.63) is 132 Å². The number of rotatable bonds is 6. The molecule has 0 unspecified atom stereocenters. The first kappa shape index (κ1) is 20.6. The molecule has 31 heavy (non-hydrogen) atoms. The molecule has 1 N–H and O–H groups in total. The first-order valence-corrected chi connectivity index (χ1v) is 12.1. The summed E-state index contributed by atoms with van der Waals surface area (Å²) >= 11 is 0. The van der Waals surface area contributed by atoms with Crippen molar-refractivity contribution >= 4 is 28.9 Å². The Bertz CT molecular complexity index is 1110. The van der Waals surface area contributed by atoms with Crippen molar-refractivity contribution in [2.75, 3.05) is 5.32 Å². The van der Waals surface area contributed by atoms with Gasteiger partial charge in [-0.05, 0) is 55.5 Å². The van der Waals surface area contributed by atoms with Gasteiger partial charge in [-0.25, -0.2) is 0 Å². The van der Waals surface area contributed by atoms with Crippen LogP contribution in [0.15, 0.2) is 127 Å². The molecule has 0 amide bonds. The summed E-state index contributed by atoms with van der Waals surface area (Å²) in [7, 11) is -2.08. The lowest BCUT2D eigenvalue weighted by Crippen LogP contribution is -2.30. The Morgan fingerprint density at radius 1 is 0.677 bits per heavy atom. The molecule has 0 fully saturated rings. The quantitative estimate of drug-likeness (QED) is 0.400. The van der Waals surface area contributed by atoms with Gasteiger partial charge in [0.25, 0.3) is 0 Å². The van der Waals surface area contributed by atoms with Crippen LogP contribution in [0.25, 0.3) is 0 Å². The van der Waals surface area contributed by atoms with Gasteiger partial charge in [-0.1, -0.05) is 66.7 Å². The molecule has 0 aliphatic heterocycles. The van der Waals surface area contributed by atoms with E-state index < -0.39 is 7.26 Å². The average Bonchev–Trinajstić information content (AvgIpc) is 2.84. The summed E-state index contributed by atoms with van der Waals surface area (Å²) < 4.78 is 0. The van der Waals surface area contributed by atoms with Gasteiger partial charge in [0.15, 0.2) is 0 Å². The molecule has 0 radical (unpaired) electrons. The van der Waals surface area contributed by atoms with Crippen molar-refractivity contribution in [1.82, 2.24) is 0 Å². The summed E-state index contributed by atoms with van der Waals surface area (Å²) in [6, 6.07) is 42.1. The number of allylic oxidation sites excluding steroid dienone is 1. The normalized spacial score (nSPS) is 11.5. The van der Waals surface area contributed by atoms with Gasteiger partial charge in [-0.3, -0.25) is 0 Å². The summed E-state index contributed by atoms with van der Waals surface area (Å²) in [4.78, 5) is 0. The molecule has 0 saturated heterocycles. The molecule has 0 saturated carbocycles. The van der Waals surface area contributed by atoms with E-state index >= 15 is 0 Å². The predicted octanol–water partition coefficient (Wildman–Crippen LogP) is 5.83. The van der Waals surface area contributed by atoms with Crippen molar-refractivity contribution in [2.24, 2.45) is 0 Å². The smallest absolute Gasteiger partial charge is 0.138 e. The number of nitrogens with zero attached hydrogens (tertiary/aromatic N) is 1. The zero-order valence-corrected chi connectivity index (χ0v) is 18.3. The van der Waals surface area contributed by atoms with Gasteiger partial charge in [-0.2, -0.15) is 5.26 Å². The number of benzene rings is 4. The van der Waals surface area contributed by atoms with E-state index in [1.807, 2.05) is 24.3 Å². The number of anilines is 1. The van der Waals surface area contributed by atoms with E-state index in [0.717, 1.165) is 11.4 Å². The molecule has 3 heteroatoms. The molecule has 0 spiro atoms. The van der Waals surface area contributed by atoms with Crippen LogP contribution in [0.3, 0.4) is 0 Å². The van der Waals surface area contributed by atoms with Crippen LogP contribution in [-0.2, 0) is 0 Å². The van der Waals surface area contributed by atoms with Crippen LogP contribution in [0, 0.1) is 11.3 Å². The fourth-order valence-electron chi connectivity index (χ4n) is 3.88. The predicted molar refractivity (Wildman–Crippen MR) is 134 cm³/mol. The molecule has 0 aliphatic rings. The topological polar surface area (TPSA) is 35.8 Å². The van der Waals surface area contributed by atoms with Gasteiger partial charge < -0.3 is 5.32 Å². The summed E-state index contributed by atoms with van der Waals surface area (Å²) in [5, 5.41) is 16.9. The standard InChI is InChI=1S/C28H24N2P/c1-23(30-28-20-12-11-13-24(28)21-29)22-31(25-14-5-2-6-15-25,26-16-7-3-8-17-26)27-18-9-4-10-19-27/h2-20,22,30H,1H3/q+1/b23-22+. The summed E-state index contributed by atoms with van der Waals surface area (Å²) in [5.74, 6) is 2.38. The molecular formula is C28H24N2P+. The zero-order chi connectivity index (χ0) is 21.5. The minimum absolute atomic E-state index is 0.637. The van der Waals surface area contributed by atoms with Crippen LogP contribution >= 0.6 is 7.26 Å². The Morgan fingerprint density at radius 3 is 1.55 bits per heavy atom. The van der Waals surface area contributed by atoms with Crippen molar-refractivity contribution < 1.29 is 0 Å². The summed E-state index contributed by atoms with van der Waals surface area (Å²) in [6.45, 7) is 2.08. The maximum Gasteiger partial charge on any atom is 0.138 e. The average molecular weight is 419 g/mol. The van der Waals surface area contributed by atoms with Crippen molar-refractivity contribution in [1.29, 1.82) is 5.26 Å². The molecule has 0 heterocycles. The van der Waals surface area contributed by atoms with Crippen LogP contribution in [0.4, 0.5) is 5.69 Å². The van der Waals surface area contributed by atoms with Gasteiger partial charge >= 0.3 is 0 Å². The maximum absolute atomic E-state index is 9.50. The second-order valence-corrected chi connectivity index (χ2v) is 10.6. The van der Waals surface area contributed by atoms with Crippen LogP contribution < -0.4 is 21.2 Å². The molecule has 0 bridgehead atoms. The molecule has 4 rings (SSSR count). The van der Waals surface area contributed by atoms with Gasteiger partial charge in [0.05, 0.1) is 17.1 Å². The highest BCUT2D eigenvalue weighted by molar-refractivity contribution is 7.98. The van der Waals surface area contributed by atoms with Crippen LogP contribution in [0.1, 0.15) is 12.5 Å². The van der Waals surface area contributed by atoms with Crippen molar-refractivity contribution in [3.63, 3.8) is 0 Å². The summed E-state index contributed by atoms with van der Waals surface area (Å²) in [6.07, 6.45) is 0. The number of hydrogen-bond acceptors (Lipinski definition) is 2. The van der Waals surface area contributed by atoms with E-state index in [4.69, 9.17) is 0 Å². The van der Waals surface area contributed by atoms with Crippen molar-refractivity contribution in [2.45, 2.75) is 6.92 Å². The molecular weight excluding hydrogens is 395 g/mol. The van der Waals surface area contributed by atoms with E-state index in [-0.39, 0.29) is 0 Å². The Kier molecular flexibility index (Phi) is 6.27. The van der Waals surface area contributed by atoms with Crippen LogP contribution in [0.5, 0.6) is 0 Å². The van der Waals surface area contributed by atoms with Crippen LogP contribution in [0.2, 0.25) is 0 Å². The van der Waals surface area contributed by atoms with Gasteiger partial charge in [0, 0.05) is 5.70 Å². The lowest BCUT2D eigenvalue weighted by atomic mass is 10.2. The van der Waals surface area contributed by atoms with E-state index in [0.29, 0.717) is 5.56 Å². The third-order valence-electron chi connectivity index (χ3n) is 5.26. The van der Waals surface area contributed by atoms with E-state index in [1.54, 1.807) is 0 Å². The molecule has 4 aromatic rings. The lowest BCUT2D eigenvalue weighted by Gasteiger charge is -2.25. The third-order valence-corrected chi connectivity index (χ3v) is 9.37. The SMILES string of the molecule is C/C(=C\[P+](c1ccccc1)(c1ccccc1)c1ccccc1)Nc1ccccc1C#N. The minimum atomic E-state index is -2.08. The largest absolute Gasteiger partial charge is 0.355 e. The molecule has 4 aromatic carbocycles. The number of nitriles is 1. The first-order chi connectivity index (χ1) is 15.2. The molecule has 2 nitrogen and oxygen atoms in total. The second kappa shape index (κ2) is 9.43. The highest BCUT2D eigenvalue weighted by Crippen LogP contribution is 2.57. The first-order valence-electron chi connectivity index (χ1n) is 10.3. The zero-order valence-electron chi connectivity index (χ0n) is 17.4. The second-order valence-electron chi connectivity index (χ2n) is 7.32. The minimum Gasteiger partial charge on any atom is -0.355 e. The molecule has 150 valence electrons. The van der Waals surface area contributed by atoms with E-state index in [9.17, 15) is 5.26 Å². The van der Waals surface area contributed by atoms with Gasteiger partial charge in [0.2, 0.25) is 0 Å². The maximum atomic E-state index is 9.50. The highest BCUT2D eigenvalue weighted by atomic mass is 31.2. The Balaban J connectivity index is 1.94. The monoisotopic (exact) mass is 419 g/mol. The molecule has 0 aromatic heterocycles. The number of para-hydroxylation sites is 1. The number of nitrogens with one attached hydrogen (secondary N) is 1. The molecule has 0 aliphatic carbocycles. The van der Waals surface area contributed by atoms with Crippen LogP contribution in [-0.4, -0.2) is 0 Å². The Morgan fingerprint density at radius 2 is 1.10 bits per heavy atom. The Labute approximate surface area is 184 Å². The van der Waals surface area contributed by atoms with E-state index in [2.05, 4.69) is 115 Å². The highest BCUT2D eigenvalue weighted by Gasteiger charge is 2.43. The van der Waals surface area contributed by atoms with Crippen molar-refractivity contribution in [3.8, 4) is 6.07 Å². The number of hydrogen-bond donors (Lipinski definition) is 1. The molecule has 0 atom stereocenters.